The summed E-state index contributed by atoms with van der Waals surface area (Å²) in [6, 6.07) is 17.9. The van der Waals surface area contributed by atoms with E-state index >= 15 is 0 Å². The summed E-state index contributed by atoms with van der Waals surface area (Å²) >= 11 is 0. The van der Waals surface area contributed by atoms with E-state index in [1.54, 1.807) is 10.6 Å². The zero-order valence-corrected chi connectivity index (χ0v) is 22.9. The average Bonchev–Trinajstić information content (AvgIpc) is 3.26. The molecule has 0 spiro atoms. The molecule has 0 saturated heterocycles. The second-order valence-corrected chi connectivity index (χ2v) is 14.3. The first-order chi connectivity index (χ1) is 13.2. The molecule has 0 heterocycles. The maximum atomic E-state index is 2.33. The Hall–Kier alpha value is 0.0795. The van der Waals surface area contributed by atoms with Crippen molar-refractivity contribution in [1.82, 2.24) is 0 Å². The summed E-state index contributed by atoms with van der Waals surface area (Å²) in [5, 5.41) is 3.20. The summed E-state index contributed by atoms with van der Waals surface area (Å²) < 4.78 is 0. The molecule has 0 saturated carbocycles. The van der Waals surface area contributed by atoms with Crippen LogP contribution in [0.2, 0.25) is 0 Å². The molecule has 166 valence electrons. The van der Waals surface area contributed by atoms with Gasteiger partial charge >= 0.3 is 17.1 Å². The molecule has 29 heavy (non-hydrogen) atoms. The standard InChI is InChI=1S/2C13H22P.Fe/c2*1-11(2)9-14(10-12(3)4)13-7-5-6-8-13;/h2*5-8,11-12H,9-10H2,1-4H3;/q2*-1;+2. The van der Waals surface area contributed by atoms with Gasteiger partial charge in [-0.3, -0.25) is 0 Å². The molecule has 0 bridgehead atoms. The van der Waals surface area contributed by atoms with Crippen LogP contribution in [0.1, 0.15) is 55.4 Å². The van der Waals surface area contributed by atoms with Crippen LogP contribution in [0.3, 0.4) is 0 Å². The molecule has 0 aromatic heterocycles. The molecule has 0 aliphatic heterocycles. The zero-order chi connectivity index (χ0) is 21.1. The predicted molar refractivity (Wildman–Crippen MR) is 136 cm³/mol. The van der Waals surface area contributed by atoms with Crippen molar-refractivity contribution >= 4 is 26.5 Å². The minimum Gasteiger partial charge on any atom is -0.213 e. The number of hydrogen-bond donors (Lipinski definition) is 0. The van der Waals surface area contributed by atoms with Crippen molar-refractivity contribution in [2.24, 2.45) is 23.7 Å². The Morgan fingerprint density at radius 3 is 1.03 bits per heavy atom. The number of hydrogen-bond acceptors (Lipinski definition) is 0. The van der Waals surface area contributed by atoms with Crippen molar-refractivity contribution in [2.75, 3.05) is 24.6 Å². The maximum Gasteiger partial charge on any atom is 2.00 e. The molecule has 2 rings (SSSR count). The first kappa shape index (κ1) is 29.1. The van der Waals surface area contributed by atoms with Crippen LogP contribution in [0.4, 0.5) is 0 Å². The van der Waals surface area contributed by atoms with Gasteiger partial charge in [-0.15, -0.1) is 26.5 Å². The van der Waals surface area contributed by atoms with Crippen molar-refractivity contribution in [3.8, 4) is 0 Å². The molecule has 0 unspecified atom stereocenters. The third kappa shape index (κ3) is 13.2. The Kier molecular flexibility index (Phi) is 15.9. The van der Waals surface area contributed by atoms with E-state index in [1.165, 1.54) is 24.6 Å². The first-order valence-electron chi connectivity index (χ1n) is 11.1. The average molecular weight is 474 g/mol. The van der Waals surface area contributed by atoms with E-state index in [4.69, 9.17) is 0 Å². The first-order valence-corrected chi connectivity index (χ1v) is 14.5. The van der Waals surface area contributed by atoms with E-state index in [0.29, 0.717) is 0 Å². The van der Waals surface area contributed by atoms with Crippen molar-refractivity contribution < 1.29 is 17.1 Å². The molecule has 0 amide bonds. The summed E-state index contributed by atoms with van der Waals surface area (Å²) in [5.41, 5.74) is 0. The molecular weight excluding hydrogens is 430 g/mol. The fourth-order valence-corrected chi connectivity index (χ4v) is 9.34. The van der Waals surface area contributed by atoms with Crippen LogP contribution >= 0.6 is 15.8 Å². The fourth-order valence-electron chi connectivity index (χ4n) is 3.48. The van der Waals surface area contributed by atoms with Gasteiger partial charge in [0.25, 0.3) is 0 Å². The minimum atomic E-state index is 0. The monoisotopic (exact) mass is 474 g/mol. The normalized spacial score (nSPS) is 11.5. The van der Waals surface area contributed by atoms with Crippen molar-refractivity contribution in [2.45, 2.75) is 55.4 Å². The predicted octanol–water partition coefficient (Wildman–Crippen LogP) is 7.65. The van der Waals surface area contributed by atoms with Crippen LogP contribution in [0.15, 0.2) is 48.5 Å². The SMILES string of the molecule is CC(C)CP(CC(C)C)c1ccc[cH-]1.CC(C)CP(CC(C)C)c1ccc[cH-]1.[Fe+2]. The summed E-state index contributed by atoms with van der Waals surface area (Å²) in [4.78, 5) is 0. The topological polar surface area (TPSA) is 0 Å². The largest absolute Gasteiger partial charge is 2.00 e. The Bertz CT molecular complexity index is 508. The van der Waals surface area contributed by atoms with Crippen LogP contribution < -0.4 is 10.6 Å². The van der Waals surface area contributed by atoms with Gasteiger partial charge in [0.1, 0.15) is 0 Å². The molecule has 0 atom stereocenters. The van der Waals surface area contributed by atoms with Crippen LogP contribution in [0.25, 0.3) is 0 Å². The molecule has 0 radical (unpaired) electrons. The maximum absolute atomic E-state index is 2.33. The molecular formula is C26H44FeP2. The van der Waals surface area contributed by atoms with Crippen molar-refractivity contribution in [3.63, 3.8) is 0 Å². The molecule has 0 aliphatic rings. The Morgan fingerprint density at radius 2 is 0.862 bits per heavy atom. The molecule has 2 aromatic carbocycles. The van der Waals surface area contributed by atoms with Gasteiger partial charge in [0.05, 0.1) is 0 Å². The minimum absolute atomic E-state index is 0. The smallest absolute Gasteiger partial charge is 0.213 e. The quantitative estimate of drug-likeness (QED) is 0.189. The molecule has 0 nitrogen and oxygen atoms in total. The summed E-state index contributed by atoms with van der Waals surface area (Å²) in [5.74, 6) is 3.31. The van der Waals surface area contributed by atoms with Crippen LogP contribution in [0.5, 0.6) is 0 Å². The van der Waals surface area contributed by atoms with Crippen molar-refractivity contribution in [3.05, 3.63) is 48.5 Å². The van der Waals surface area contributed by atoms with E-state index in [-0.39, 0.29) is 32.9 Å². The van der Waals surface area contributed by atoms with Gasteiger partial charge in [0.15, 0.2) is 0 Å². The third-order valence-electron chi connectivity index (χ3n) is 4.36. The van der Waals surface area contributed by atoms with Gasteiger partial charge in [-0.05, 0) is 48.3 Å². The molecule has 0 aliphatic carbocycles. The molecule has 0 fully saturated rings. The van der Waals surface area contributed by atoms with Crippen LogP contribution in [-0.2, 0) is 17.1 Å². The Labute approximate surface area is 195 Å². The molecule has 2 aromatic rings. The van der Waals surface area contributed by atoms with Crippen LogP contribution in [0, 0.1) is 23.7 Å². The van der Waals surface area contributed by atoms with Gasteiger partial charge in [-0.2, -0.15) is 24.3 Å². The molecule has 3 heteroatoms. The van der Waals surface area contributed by atoms with E-state index in [9.17, 15) is 0 Å². The second kappa shape index (κ2) is 15.8. The van der Waals surface area contributed by atoms with Crippen molar-refractivity contribution in [1.29, 1.82) is 0 Å². The van der Waals surface area contributed by atoms with Gasteiger partial charge < -0.3 is 0 Å². The van der Waals surface area contributed by atoms with Gasteiger partial charge in [0.2, 0.25) is 0 Å². The van der Waals surface area contributed by atoms with Gasteiger partial charge in [-0.1, -0.05) is 55.4 Å². The Balaban J connectivity index is 0.000000523. The van der Waals surface area contributed by atoms with E-state index in [0.717, 1.165) is 23.7 Å². The summed E-state index contributed by atoms with van der Waals surface area (Å²) in [6.07, 6.45) is 5.55. The second-order valence-electron chi connectivity index (χ2n) is 9.67. The van der Waals surface area contributed by atoms with E-state index in [2.05, 4.69) is 104 Å². The van der Waals surface area contributed by atoms with Gasteiger partial charge in [-0.25, -0.2) is 24.3 Å². The van der Waals surface area contributed by atoms with Gasteiger partial charge in [0, 0.05) is 0 Å². The number of rotatable bonds is 10. The summed E-state index contributed by atoms with van der Waals surface area (Å²) in [6.45, 7) is 18.7. The fraction of sp³-hybridized carbons (Fsp3) is 0.615. The zero-order valence-electron chi connectivity index (χ0n) is 20.0. The van der Waals surface area contributed by atoms with E-state index in [1.807, 2.05) is 0 Å². The van der Waals surface area contributed by atoms with E-state index < -0.39 is 0 Å². The molecule has 0 N–H and O–H groups in total. The van der Waals surface area contributed by atoms with Crippen LogP contribution in [-0.4, -0.2) is 24.6 Å². The summed E-state index contributed by atoms with van der Waals surface area (Å²) in [7, 11) is 0.205. The third-order valence-corrected chi connectivity index (χ3v) is 11.1. The Morgan fingerprint density at radius 1 is 0.586 bits per heavy atom.